The third-order valence-corrected chi connectivity index (χ3v) is 4.59. The van der Waals surface area contributed by atoms with Crippen molar-refractivity contribution in [3.05, 3.63) is 40.3 Å². The number of rotatable bonds is 3. The van der Waals surface area contributed by atoms with Crippen molar-refractivity contribution in [1.82, 2.24) is 14.7 Å². The van der Waals surface area contributed by atoms with E-state index >= 15 is 0 Å². The zero-order valence-electron chi connectivity index (χ0n) is 11.7. The Bertz CT molecular complexity index is 576. The molecule has 0 aromatic carbocycles. The van der Waals surface area contributed by atoms with Crippen molar-refractivity contribution in [2.24, 2.45) is 7.05 Å². The predicted molar refractivity (Wildman–Crippen MR) is 79.8 cm³/mol. The fraction of sp³-hybridized carbons (Fsp3) is 0.467. The summed E-state index contributed by atoms with van der Waals surface area (Å²) in [5.74, 6) is 0.625. The van der Waals surface area contributed by atoms with Gasteiger partial charge in [-0.1, -0.05) is 0 Å². The Hall–Kier alpha value is -1.62. The maximum absolute atomic E-state index is 12.4. The molecule has 3 heterocycles. The summed E-state index contributed by atoms with van der Waals surface area (Å²) in [5.41, 5.74) is 2.24. The summed E-state index contributed by atoms with van der Waals surface area (Å²) in [4.78, 5) is 14.4. The number of nitrogens with zero attached hydrogens (tertiary/aromatic N) is 3. The summed E-state index contributed by atoms with van der Waals surface area (Å²) in [5, 5.41) is 8.56. The van der Waals surface area contributed by atoms with Crippen LogP contribution in [-0.2, 0) is 18.3 Å². The van der Waals surface area contributed by atoms with Crippen molar-refractivity contribution in [1.29, 1.82) is 0 Å². The minimum atomic E-state index is 0.240. The van der Waals surface area contributed by atoms with Gasteiger partial charge in [0.05, 0.1) is 12.1 Å². The highest BCUT2D eigenvalue weighted by Gasteiger charge is 2.26. The number of aromatic nitrogens is 2. The van der Waals surface area contributed by atoms with Gasteiger partial charge in [0.25, 0.3) is 0 Å². The average Bonchev–Trinajstić information content (AvgIpc) is 3.10. The van der Waals surface area contributed by atoms with Crippen LogP contribution < -0.4 is 0 Å². The number of likely N-dealkylation sites (tertiary alicyclic amines) is 1. The first-order valence-corrected chi connectivity index (χ1v) is 7.95. The molecule has 1 aliphatic rings. The van der Waals surface area contributed by atoms with Gasteiger partial charge in [0.2, 0.25) is 5.91 Å². The molecular formula is C15H19N3OS. The van der Waals surface area contributed by atoms with Gasteiger partial charge in [-0.3, -0.25) is 9.48 Å². The fourth-order valence-electron chi connectivity index (χ4n) is 2.78. The minimum absolute atomic E-state index is 0.240. The largest absolute Gasteiger partial charge is 0.342 e. The van der Waals surface area contributed by atoms with E-state index in [0.29, 0.717) is 12.3 Å². The number of carbonyl (C=O) groups excluding carboxylic acids is 1. The van der Waals surface area contributed by atoms with Crippen molar-refractivity contribution in [2.45, 2.75) is 25.2 Å². The van der Waals surface area contributed by atoms with Crippen molar-refractivity contribution in [3.8, 4) is 0 Å². The lowest BCUT2D eigenvalue weighted by Gasteiger charge is -2.32. The van der Waals surface area contributed by atoms with E-state index in [1.54, 1.807) is 11.3 Å². The zero-order valence-corrected chi connectivity index (χ0v) is 12.5. The quantitative estimate of drug-likeness (QED) is 0.870. The second-order valence-electron chi connectivity index (χ2n) is 5.40. The van der Waals surface area contributed by atoms with Gasteiger partial charge in [0.1, 0.15) is 0 Å². The Kier molecular flexibility index (Phi) is 3.87. The van der Waals surface area contributed by atoms with Crippen LogP contribution in [0.15, 0.2) is 29.1 Å². The first-order chi connectivity index (χ1) is 9.72. The molecule has 3 rings (SSSR count). The van der Waals surface area contributed by atoms with Crippen LogP contribution >= 0.6 is 11.3 Å². The Morgan fingerprint density at radius 3 is 3.10 bits per heavy atom. The number of carbonyl (C=O) groups is 1. The number of hydrogen-bond acceptors (Lipinski definition) is 3. The van der Waals surface area contributed by atoms with Crippen molar-refractivity contribution in [2.75, 3.05) is 13.1 Å². The molecule has 1 amide bonds. The molecule has 0 saturated carbocycles. The minimum Gasteiger partial charge on any atom is -0.342 e. The van der Waals surface area contributed by atoms with Gasteiger partial charge in [0, 0.05) is 32.3 Å². The third-order valence-electron chi connectivity index (χ3n) is 3.86. The molecule has 2 aromatic rings. The number of aryl methyl sites for hydroxylation is 1. The summed E-state index contributed by atoms with van der Waals surface area (Å²) in [6, 6.07) is 4.10. The van der Waals surface area contributed by atoms with Crippen molar-refractivity contribution < 1.29 is 4.79 Å². The van der Waals surface area contributed by atoms with Gasteiger partial charge in [-0.05, 0) is 41.3 Å². The molecule has 0 bridgehead atoms. The van der Waals surface area contributed by atoms with Crippen LogP contribution in [0.25, 0.3) is 0 Å². The first-order valence-electron chi connectivity index (χ1n) is 7.01. The molecule has 1 saturated heterocycles. The second kappa shape index (κ2) is 5.79. The highest BCUT2D eigenvalue weighted by Crippen LogP contribution is 2.26. The summed E-state index contributed by atoms with van der Waals surface area (Å²) in [6.07, 6.45) is 4.69. The lowest BCUT2D eigenvalue weighted by atomic mass is 9.94. The summed E-state index contributed by atoms with van der Waals surface area (Å²) >= 11 is 1.64. The normalized spacial score (nSPS) is 19.2. The predicted octanol–water partition coefficient (Wildman–Crippen LogP) is 2.43. The van der Waals surface area contributed by atoms with E-state index in [9.17, 15) is 4.79 Å². The van der Waals surface area contributed by atoms with Crippen LogP contribution in [0.1, 0.15) is 30.0 Å². The molecule has 4 nitrogen and oxygen atoms in total. The maximum Gasteiger partial charge on any atom is 0.227 e. The molecule has 106 valence electrons. The van der Waals surface area contributed by atoms with Gasteiger partial charge in [0.15, 0.2) is 0 Å². The lowest BCUT2D eigenvalue weighted by Crippen LogP contribution is -2.40. The third kappa shape index (κ3) is 2.93. The first kappa shape index (κ1) is 13.4. The smallest absolute Gasteiger partial charge is 0.227 e. The Morgan fingerprint density at radius 2 is 2.40 bits per heavy atom. The van der Waals surface area contributed by atoms with Gasteiger partial charge < -0.3 is 4.90 Å². The Morgan fingerprint density at radius 1 is 1.50 bits per heavy atom. The van der Waals surface area contributed by atoms with Crippen LogP contribution in [0.2, 0.25) is 0 Å². The molecule has 0 N–H and O–H groups in total. The van der Waals surface area contributed by atoms with E-state index < -0.39 is 0 Å². The Labute approximate surface area is 123 Å². The van der Waals surface area contributed by atoms with Gasteiger partial charge in [-0.2, -0.15) is 16.4 Å². The van der Waals surface area contributed by atoms with E-state index in [0.717, 1.165) is 37.2 Å². The maximum atomic E-state index is 12.4. The van der Waals surface area contributed by atoms with Crippen LogP contribution in [-0.4, -0.2) is 33.7 Å². The molecule has 0 radical (unpaired) electrons. The van der Waals surface area contributed by atoms with Crippen molar-refractivity contribution in [3.63, 3.8) is 0 Å². The van der Waals surface area contributed by atoms with Crippen LogP contribution in [0.4, 0.5) is 0 Å². The molecule has 1 atom stereocenters. The van der Waals surface area contributed by atoms with Crippen molar-refractivity contribution >= 4 is 17.2 Å². The standard InChI is InChI=1S/C15H19N3OS/c1-17-7-4-14(16-17)13-3-2-6-18(10-13)15(19)9-12-5-8-20-11-12/h4-5,7-8,11,13H,2-3,6,9-10H2,1H3. The van der Waals surface area contributed by atoms with E-state index in [1.807, 2.05) is 34.3 Å². The number of amides is 1. The molecule has 5 heteroatoms. The van der Waals surface area contributed by atoms with Crippen LogP contribution in [0.5, 0.6) is 0 Å². The molecule has 2 aromatic heterocycles. The van der Waals surface area contributed by atoms with E-state index in [-0.39, 0.29) is 5.91 Å². The number of hydrogen-bond donors (Lipinski definition) is 0. The molecule has 1 aliphatic heterocycles. The summed E-state index contributed by atoms with van der Waals surface area (Å²) < 4.78 is 1.83. The van der Waals surface area contributed by atoms with Gasteiger partial charge in [-0.15, -0.1) is 0 Å². The highest BCUT2D eigenvalue weighted by molar-refractivity contribution is 7.07. The summed E-state index contributed by atoms with van der Waals surface area (Å²) in [6.45, 7) is 1.69. The molecule has 1 unspecified atom stereocenters. The van der Waals surface area contributed by atoms with Gasteiger partial charge in [-0.25, -0.2) is 0 Å². The topological polar surface area (TPSA) is 38.1 Å². The van der Waals surface area contributed by atoms with E-state index in [2.05, 4.69) is 16.5 Å². The molecule has 0 aliphatic carbocycles. The van der Waals surface area contributed by atoms with E-state index in [4.69, 9.17) is 0 Å². The van der Waals surface area contributed by atoms with Crippen LogP contribution in [0.3, 0.4) is 0 Å². The monoisotopic (exact) mass is 289 g/mol. The van der Waals surface area contributed by atoms with E-state index in [1.165, 1.54) is 0 Å². The highest BCUT2D eigenvalue weighted by atomic mass is 32.1. The molecule has 20 heavy (non-hydrogen) atoms. The zero-order chi connectivity index (χ0) is 13.9. The Balaban J connectivity index is 1.64. The second-order valence-corrected chi connectivity index (χ2v) is 6.18. The average molecular weight is 289 g/mol. The SMILES string of the molecule is Cn1ccc(C2CCCN(C(=O)Cc3ccsc3)C2)n1. The van der Waals surface area contributed by atoms with Gasteiger partial charge >= 0.3 is 0 Å². The molecule has 1 fully saturated rings. The number of piperidine rings is 1. The molecular weight excluding hydrogens is 270 g/mol. The molecule has 0 spiro atoms. The summed E-state index contributed by atoms with van der Waals surface area (Å²) in [7, 11) is 1.94. The fourth-order valence-corrected chi connectivity index (χ4v) is 3.44. The number of thiophene rings is 1. The van der Waals surface area contributed by atoms with Crippen LogP contribution in [0, 0.1) is 0 Å². The lowest BCUT2D eigenvalue weighted by molar-refractivity contribution is -0.131.